The Kier molecular flexibility index (Phi) is 6.66. The van der Waals surface area contributed by atoms with Gasteiger partial charge in [-0.25, -0.2) is 13.5 Å². The molecule has 0 unspecified atom stereocenters. The summed E-state index contributed by atoms with van der Waals surface area (Å²) >= 11 is 0. The van der Waals surface area contributed by atoms with E-state index in [0.29, 0.717) is 42.9 Å². The standard InChI is InChI=1S/C28H25F2N3O3/c1-35-25-10-6-5-9-22(25)27-23(18-33(31-27)20-7-3-2-4-8-20)28(34)32-15-13-21(14-16-32)36-26-12-11-19(29)17-24(26)30/h2-12,17-18,21H,13-16H2,1H3. The molecule has 8 heteroatoms. The summed E-state index contributed by atoms with van der Waals surface area (Å²) in [7, 11) is 1.59. The van der Waals surface area contributed by atoms with E-state index in [2.05, 4.69) is 0 Å². The number of ether oxygens (including phenoxy) is 2. The van der Waals surface area contributed by atoms with Crippen LogP contribution in [0.3, 0.4) is 0 Å². The summed E-state index contributed by atoms with van der Waals surface area (Å²) in [6, 6.07) is 20.3. The highest BCUT2D eigenvalue weighted by Crippen LogP contribution is 2.33. The fourth-order valence-corrected chi connectivity index (χ4v) is 4.38. The fraction of sp³-hybridized carbons (Fsp3) is 0.214. The van der Waals surface area contributed by atoms with Gasteiger partial charge in [-0.2, -0.15) is 5.10 Å². The third kappa shape index (κ3) is 4.79. The molecular formula is C28H25F2N3O3. The molecule has 1 aliphatic rings. The number of hydrogen-bond acceptors (Lipinski definition) is 4. The lowest BCUT2D eigenvalue weighted by Gasteiger charge is -2.32. The summed E-state index contributed by atoms with van der Waals surface area (Å²) in [6.45, 7) is 0.877. The summed E-state index contributed by atoms with van der Waals surface area (Å²) in [5.41, 5.74) is 2.56. The maximum Gasteiger partial charge on any atom is 0.257 e. The topological polar surface area (TPSA) is 56.6 Å². The van der Waals surface area contributed by atoms with E-state index in [1.807, 2.05) is 54.6 Å². The normalized spacial score (nSPS) is 14.0. The van der Waals surface area contributed by atoms with Crippen LogP contribution in [0.4, 0.5) is 8.78 Å². The lowest BCUT2D eigenvalue weighted by molar-refractivity contribution is 0.0589. The van der Waals surface area contributed by atoms with Crippen molar-refractivity contribution in [3.63, 3.8) is 0 Å². The zero-order chi connectivity index (χ0) is 25.1. The number of piperidine rings is 1. The van der Waals surface area contributed by atoms with Gasteiger partial charge in [-0.3, -0.25) is 4.79 Å². The molecule has 1 aromatic heterocycles. The Bertz CT molecular complexity index is 1370. The van der Waals surface area contributed by atoms with Crippen molar-refractivity contribution in [2.45, 2.75) is 18.9 Å². The van der Waals surface area contributed by atoms with Crippen LogP contribution < -0.4 is 9.47 Å². The Labute approximate surface area is 207 Å². The van der Waals surface area contributed by atoms with Crippen LogP contribution in [0.5, 0.6) is 11.5 Å². The number of halogens is 2. The van der Waals surface area contributed by atoms with Gasteiger partial charge in [0.2, 0.25) is 0 Å². The van der Waals surface area contributed by atoms with Crippen LogP contribution in [-0.2, 0) is 0 Å². The molecule has 0 aliphatic carbocycles. The first kappa shape index (κ1) is 23.5. The number of methoxy groups -OCH3 is 1. The van der Waals surface area contributed by atoms with Gasteiger partial charge in [-0.05, 0) is 36.4 Å². The number of amides is 1. The van der Waals surface area contributed by atoms with Crippen molar-refractivity contribution in [1.82, 2.24) is 14.7 Å². The molecular weight excluding hydrogens is 464 g/mol. The summed E-state index contributed by atoms with van der Waals surface area (Å²) in [4.78, 5) is 15.4. The molecule has 3 aromatic carbocycles. The Balaban J connectivity index is 1.39. The van der Waals surface area contributed by atoms with Crippen molar-refractivity contribution in [2.75, 3.05) is 20.2 Å². The number of benzene rings is 3. The monoisotopic (exact) mass is 489 g/mol. The minimum absolute atomic E-state index is 0.0174. The number of para-hydroxylation sites is 2. The first-order valence-electron chi connectivity index (χ1n) is 11.7. The van der Waals surface area contributed by atoms with Crippen molar-refractivity contribution in [2.24, 2.45) is 0 Å². The van der Waals surface area contributed by atoms with Crippen LogP contribution >= 0.6 is 0 Å². The molecule has 0 N–H and O–H groups in total. The number of nitrogens with zero attached hydrogens (tertiary/aromatic N) is 3. The third-order valence-corrected chi connectivity index (χ3v) is 6.24. The molecule has 4 aromatic rings. The largest absolute Gasteiger partial charge is 0.496 e. The van der Waals surface area contributed by atoms with Gasteiger partial charge < -0.3 is 14.4 Å². The van der Waals surface area contributed by atoms with Crippen molar-refractivity contribution < 1.29 is 23.0 Å². The molecule has 6 nitrogen and oxygen atoms in total. The minimum Gasteiger partial charge on any atom is -0.496 e. The average Bonchev–Trinajstić information content (AvgIpc) is 3.36. The molecule has 0 bridgehead atoms. The van der Waals surface area contributed by atoms with Gasteiger partial charge in [-0.15, -0.1) is 0 Å². The molecule has 0 atom stereocenters. The molecule has 0 saturated carbocycles. The molecule has 1 aliphatic heterocycles. The van der Waals surface area contributed by atoms with Gasteiger partial charge in [0.1, 0.15) is 23.4 Å². The van der Waals surface area contributed by atoms with E-state index in [1.54, 1.807) is 22.9 Å². The lowest BCUT2D eigenvalue weighted by Crippen LogP contribution is -2.42. The van der Waals surface area contributed by atoms with Crippen LogP contribution in [0.2, 0.25) is 0 Å². The van der Waals surface area contributed by atoms with Crippen molar-refractivity contribution in [3.8, 4) is 28.4 Å². The Morgan fingerprint density at radius 3 is 2.39 bits per heavy atom. The second kappa shape index (κ2) is 10.2. The van der Waals surface area contributed by atoms with Crippen LogP contribution in [0.25, 0.3) is 16.9 Å². The first-order valence-corrected chi connectivity index (χ1v) is 11.7. The number of carbonyl (C=O) groups is 1. The number of aromatic nitrogens is 2. The Morgan fingerprint density at radius 2 is 1.67 bits per heavy atom. The second-order valence-corrected chi connectivity index (χ2v) is 8.56. The van der Waals surface area contributed by atoms with E-state index in [4.69, 9.17) is 14.6 Å². The van der Waals surface area contributed by atoms with Crippen LogP contribution in [0.1, 0.15) is 23.2 Å². The summed E-state index contributed by atoms with van der Waals surface area (Å²) in [6.07, 6.45) is 2.53. The predicted molar refractivity (Wildman–Crippen MR) is 131 cm³/mol. The van der Waals surface area contributed by atoms with E-state index in [1.165, 1.54) is 12.1 Å². The number of carbonyl (C=O) groups excluding carboxylic acids is 1. The molecule has 2 heterocycles. The molecule has 0 spiro atoms. The van der Waals surface area contributed by atoms with Gasteiger partial charge in [0.25, 0.3) is 5.91 Å². The van der Waals surface area contributed by atoms with E-state index >= 15 is 0 Å². The van der Waals surface area contributed by atoms with Crippen LogP contribution in [0, 0.1) is 11.6 Å². The first-order chi connectivity index (χ1) is 17.5. The second-order valence-electron chi connectivity index (χ2n) is 8.56. The van der Waals surface area contributed by atoms with Crippen molar-refractivity contribution in [3.05, 3.63) is 96.2 Å². The van der Waals surface area contributed by atoms with E-state index in [9.17, 15) is 13.6 Å². The Morgan fingerprint density at radius 1 is 0.944 bits per heavy atom. The molecule has 1 fully saturated rings. The molecule has 184 valence electrons. The van der Waals surface area contributed by atoms with Gasteiger partial charge >= 0.3 is 0 Å². The summed E-state index contributed by atoms with van der Waals surface area (Å²) in [5.74, 6) is -0.892. The van der Waals surface area contributed by atoms with Gasteiger partial charge in [-0.1, -0.05) is 30.3 Å². The van der Waals surface area contributed by atoms with Crippen LogP contribution in [-0.4, -0.2) is 46.9 Å². The highest BCUT2D eigenvalue weighted by atomic mass is 19.1. The van der Waals surface area contributed by atoms with Crippen LogP contribution in [0.15, 0.2) is 79.0 Å². The number of rotatable bonds is 6. The maximum absolute atomic E-state index is 14.0. The summed E-state index contributed by atoms with van der Waals surface area (Å²) in [5, 5.41) is 4.75. The summed E-state index contributed by atoms with van der Waals surface area (Å²) < 4.78 is 40.2. The van der Waals surface area contributed by atoms with E-state index in [-0.39, 0.29) is 17.8 Å². The lowest BCUT2D eigenvalue weighted by atomic mass is 10.0. The number of hydrogen-bond donors (Lipinski definition) is 0. The Hall–Kier alpha value is -4.20. The third-order valence-electron chi connectivity index (χ3n) is 6.24. The highest BCUT2D eigenvalue weighted by Gasteiger charge is 2.29. The maximum atomic E-state index is 14.0. The quantitative estimate of drug-likeness (QED) is 0.358. The number of likely N-dealkylation sites (tertiary alicyclic amines) is 1. The molecule has 0 radical (unpaired) electrons. The minimum atomic E-state index is -0.733. The predicted octanol–water partition coefficient (Wildman–Crippen LogP) is 5.51. The smallest absolute Gasteiger partial charge is 0.257 e. The molecule has 1 amide bonds. The molecule has 36 heavy (non-hydrogen) atoms. The van der Waals surface area contributed by atoms with Crippen molar-refractivity contribution >= 4 is 5.91 Å². The van der Waals surface area contributed by atoms with E-state index in [0.717, 1.165) is 17.3 Å². The average molecular weight is 490 g/mol. The van der Waals surface area contributed by atoms with Gasteiger partial charge in [0.05, 0.1) is 18.4 Å². The van der Waals surface area contributed by atoms with E-state index < -0.39 is 11.6 Å². The zero-order valence-corrected chi connectivity index (χ0v) is 19.7. The fourth-order valence-electron chi connectivity index (χ4n) is 4.38. The zero-order valence-electron chi connectivity index (χ0n) is 19.7. The van der Waals surface area contributed by atoms with Crippen molar-refractivity contribution in [1.29, 1.82) is 0 Å². The van der Waals surface area contributed by atoms with Gasteiger partial charge in [0, 0.05) is 43.8 Å². The SMILES string of the molecule is COc1ccccc1-c1nn(-c2ccccc2)cc1C(=O)N1CCC(Oc2ccc(F)cc2F)CC1. The molecule has 1 saturated heterocycles. The highest BCUT2D eigenvalue weighted by molar-refractivity contribution is 6.00. The molecule has 5 rings (SSSR count). The van der Waals surface area contributed by atoms with Gasteiger partial charge in [0.15, 0.2) is 11.6 Å².